The molecule has 1 aliphatic heterocycles. The second-order valence-electron chi connectivity index (χ2n) is 5.02. The molecule has 0 aromatic carbocycles. The van der Waals surface area contributed by atoms with Crippen molar-refractivity contribution in [1.82, 2.24) is 4.98 Å². The lowest BCUT2D eigenvalue weighted by atomic mass is 10.1. The first kappa shape index (κ1) is 12.4. The lowest BCUT2D eigenvalue weighted by molar-refractivity contribution is 0.199. The van der Waals surface area contributed by atoms with E-state index >= 15 is 0 Å². The zero-order chi connectivity index (χ0) is 12.3. The Morgan fingerprint density at radius 3 is 3.00 bits per heavy atom. The Labute approximate surface area is 103 Å². The largest absolute Gasteiger partial charge is 0.389 e. The van der Waals surface area contributed by atoms with Gasteiger partial charge in [0.1, 0.15) is 5.82 Å². The summed E-state index contributed by atoms with van der Waals surface area (Å²) in [5, 5.41) is 9.62. The van der Waals surface area contributed by atoms with Gasteiger partial charge in [0.15, 0.2) is 0 Å². The normalized spacial score (nSPS) is 23.2. The fourth-order valence-electron chi connectivity index (χ4n) is 2.47. The third kappa shape index (κ3) is 2.97. The van der Waals surface area contributed by atoms with E-state index in [1.54, 1.807) is 13.1 Å². The molecule has 1 aliphatic rings. The van der Waals surface area contributed by atoms with Crippen LogP contribution < -0.4 is 4.90 Å². The van der Waals surface area contributed by atoms with Crippen molar-refractivity contribution in [3.63, 3.8) is 0 Å². The highest BCUT2D eigenvalue weighted by Crippen LogP contribution is 2.24. The molecular formula is C14H22N2O. The van der Waals surface area contributed by atoms with Crippen LogP contribution in [0.5, 0.6) is 0 Å². The van der Waals surface area contributed by atoms with Crippen molar-refractivity contribution >= 4 is 5.82 Å². The molecule has 1 aromatic heterocycles. The third-order valence-electron chi connectivity index (χ3n) is 3.60. The zero-order valence-electron chi connectivity index (χ0n) is 10.8. The van der Waals surface area contributed by atoms with Gasteiger partial charge in [-0.25, -0.2) is 4.98 Å². The fraction of sp³-hybridized carbons (Fsp3) is 0.643. The highest BCUT2D eigenvalue weighted by Gasteiger charge is 2.18. The van der Waals surface area contributed by atoms with Gasteiger partial charge in [-0.3, -0.25) is 0 Å². The molecule has 2 heterocycles. The molecule has 1 fully saturated rings. The molecule has 0 bridgehead atoms. The average Bonchev–Trinajstić information content (AvgIpc) is 2.54. The summed E-state index contributed by atoms with van der Waals surface area (Å²) in [6.45, 7) is 5.14. The van der Waals surface area contributed by atoms with Gasteiger partial charge in [0.25, 0.3) is 0 Å². The number of rotatable bonds is 2. The summed E-state index contributed by atoms with van der Waals surface area (Å²) in [7, 11) is 0. The lowest BCUT2D eigenvalue weighted by Gasteiger charge is -2.28. The summed E-state index contributed by atoms with van der Waals surface area (Å²) in [4.78, 5) is 6.83. The highest BCUT2D eigenvalue weighted by atomic mass is 16.3. The summed E-state index contributed by atoms with van der Waals surface area (Å²) in [5.41, 5.74) is 0.950. The Hall–Kier alpha value is -1.09. The number of pyridine rings is 1. The zero-order valence-corrected chi connectivity index (χ0v) is 10.8. The Morgan fingerprint density at radius 1 is 1.41 bits per heavy atom. The van der Waals surface area contributed by atoms with E-state index < -0.39 is 6.10 Å². The second-order valence-corrected chi connectivity index (χ2v) is 5.02. The number of anilines is 1. The molecule has 94 valence electrons. The molecule has 3 nitrogen and oxygen atoms in total. The first-order chi connectivity index (χ1) is 8.18. The number of hydrogen-bond donors (Lipinski definition) is 1. The Bertz CT molecular complexity index is 365. The van der Waals surface area contributed by atoms with Crippen LogP contribution in [0.15, 0.2) is 18.3 Å². The van der Waals surface area contributed by atoms with E-state index in [2.05, 4.69) is 16.8 Å². The maximum absolute atomic E-state index is 9.62. The fourth-order valence-corrected chi connectivity index (χ4v) is 2.47. The van der Waals surface area contributed by atoms with Crippen LogP contribution in [0.3, 0.4) is 0 Å². The van der Waals surface area contributed by atoms with Crippen LogP contribution in [0.1, 0.15) is 51.2 Å². The van der Waals surface area contributed by atoms with Crippen LogP contribution in [0, 0.1) is 0 Å². The molecule has 0 saturated carbocycles. The third-order valence-corrected chi connectivity index (χ3v) is 3.60. The quantitative estimate of drug-likeness (QED) is 0.854. The van der Waals surface area contributed by atoms with Crippen molar-refractivity contribution in [3.8, 4) is 0 Å². The first-order valence-corrected chi connectivity index (χ1v) is 6.59. The van der Waals surface area contributed by atoms with E-state index in [0.29, 0.717) is 6.04 Å². The van der Waals surface area contributed by atoms with Crippen molar-refractivity contribution in [3.05, 3.63) is 23.9 Å². The van der Waals surface area contributed by atoms with Crippen LogP contribution >= 0.6 is 0 Å². The van der Waals surface area contributed by atoms with Gasteiger partial charge in [0.05, 0.1) is 6.10 Å². The molecule has 0 radical (unpaired) electrons. The number of aliphatic hydroxyl groups excluding tert-OH is 1. The van der Waals surface area contributed by atoms with E-state index in [1.807, 2.05) is 12.1 Å². The summed E-state index contributed by atoms with van der Waals surface area (Å²) < 4.78 is 0. The minimum atomic E-state index is -0.418. The summed E-state index contributed by atoms with van der Waals surface area (Å²) >= 11 is 0. The van der Waals surface area contributed by atoms with Crippen molar-refractivity contribution < 1.29 is 5.11 Å². The predicted molar refractivity (Wildman–Crippen MR) is 70.1 cm³/mol. The maximum Gasteiger partial charge on any atom is 0.129 e. The van der Waals surface area contributed by atoms with Gasteiger partial charge >= 0.3 is 0 Å². The Morgan fingerprint density at radius 2 is 2.24 bits per heavy atom. The number of hydrogen-bond acceptors (Lipinski definition) is 3. The van der Waals surface area contributed by atoms with E-state index in [9.17, 15) is 5.11 Å². The highest BCUT2D eigenvalue weighted by molar-refractivity contribution is 5.42. The lowest BCUT2D eigenvalue weighted by Crippen LogP contribution is -2.33. The van der Waals surface area contributed by atoms with Gasteiger partial charge in [-0.05, 0) is 44.4 Å². The van der Waals surface area contributed by atoms with Crippen LogP contribution in [0.25, 0.3) is 0 Å². The number of aromatic nitrogens is 1. The first-order valence-electron chi connectivity index (χ1n) is 6.59. The topological polar surface area (TPSA) is 36.4 Å². The molecule has 1 saturated heterocycles. The van der Waals surface area contributed by atoms with Gasteiger partial charge in [0.2, 0.25) is 0 Å². The summed E-state index contributed by atoms with van der Waals surface area (Å²) in [6.07, 6.45) is 6.49. The molecule has 0 aliphatic carbocycles. The summed E-state index contributed by atoms with van der Waals surface area (Å²) in [5.74, 6) is 1.01. The molecule has 0 amide bonds. The molecule has 1 aromatic rings. The van der Waals surface area contributed by atoms with Gasteiger partial charge in [-0.15, -0.1) is 0 Å². The molecular weight excluding hydrogens is 212 g/mol. The standard InChI is InChI=1S/C14H22N2O/c1-11-6-4-3-5-9-16(11)14-10-13(12(2)17)7-8-15-14/h7-8,10-12,17H,3-6,9H2,1-2H3/t11?,12-/m0/s1. The van der Waals surface area contributed by atoms with Crippen LogP contribution in [0.2, 0.25) is 0 Å². The smallest absolute Gasteiger partial charge is 0.129 e. The van der Waals surface area contributed by atoms with Gasteiger partial charge < -0.3 is 10.0 Å². The molecule has 0 spiro atoms. The van der Waals surface area contributed by atoms with Crippen molar-refractivity contribution in [2.75, 3.05) is 11.4 Å². The van der Waals surface area contributed by atoms with Crippen molar-refractivity contribution in [2.24, 2.45) is 0 Å². The van der Waals surface area contributed by atoms with Crippen LogP contribution in [0.4, 0.5) is 5.82 Å². The maximum atomic E-state index is 9.62. The van der Waals surface area contributed by atoms with Gasteiger partial charge in [0, 0.05) is 18.8 Å². The molecule has 1 unspecified atom stereocenters. The molecule has 17 heavy (non-hydrogen) atoms. The second kappa shape index (κ2) is 5.50. The predicted octanol–water partition coefficient (Wildman–Crippen LogP) is 2.90. The van der Waals surface area contributed by atoms with Crippen LogP contribution in [-0.2, 0) is 0 Å². The SMILES string of the molecule is CC1CCCCCN1c1cc([C@H](C)O)ccn1. The average molecular weight is 234 g/mol. The van der Waals surface area contributed by atoms with Crippen molar-refractivity contribution in [2.45, 2.75) is 51.7 Å². The number of aliphatic hydroxyl groups is 1. The van der Waals surface area contributed by atoms with E-state index in [0.717, 1.165) is 17.9 Å². The van der Waals surface area contributed by atoms with E-state index in [1.165, 1.54) is 25.7 Å². The molecule has 2 atom stereocenters. The molecule has 3 heteroatoms. The Kier molecular flexibility index (Phi) is 4.00. The molecule has 1 N–H and O–H groups in total. The van der Waals surface area contributed by atoms with Crippen molar-refractivity contribution in [1.29, 1.82) is 0 Å². The van der Waals surface area contributed by atoms with Gasteiger partial charge in [-0.1, -0.05) is 12.8 Å². The van der Waals surface area contributed by atoms with E-state index in [4.69, 9.17) is 0 Å². The van der Waals surface area contributed by atoms with Crippen LogP contribution in [-0.4, -0.2) is 22.7 Å². The minimum absolute atomic E-state index is 0.418. The minimum Gasteiger partial charge on any atom is -0.389 e. The number of nitrogens with zero attached hydrogens (tertiary/aromatic N) is 2. The monoisotopic (exact) mass is 234 g/mol. The van der Waals surface area contributed by atoms with Gasteiger partial charge in [-0.2, -0.15) is 0 Å². The summed E-state index contributed by atoms with van der Waals surface area (Å²) in [6, 6.07) is 4.46. The Balaban J connectivity index is 2.22. The van der Waals surface area contributed by atoms with E-state index in [-0.39, 0.29) is 0 Å². The molecule has 2 rings (SSSR count).